The highest BCUT2D eigenvalue weighted by atomic mass is 32.1. The highest BCUT2D eigenvalue weighted by Gasteiger charge is 2.22. The van der Waals surface area contributed by atoms with Crippen molar-refractivity contribution >= 4 is 37.6 Å². The molecule has 3 heterocycles. The molecule has 0 unspecified atom stereocenters. The number of aliphatic hydroxyl groups excluding tert-OH is 1. The van der Waals surface area contributed by atoms with Crippen molar-refractivity contribution in [2.45, 2.75) is 45.4 Å². The van der Waals surface area contributed by atoms with E-state index in [9.17, 15) is 0 Å². The minimum atomic E-state index is 0.0880. The van der Waals surface area contributed by atoms with E-state index in [-0.39, 0.29) is 6.61 Å². The fourth-order valence-corrected chi connectivity index (χ4v) is 4.83. The summed E-state index contributed by atoms with van der Waals surface area (Å²) >= 11 is 1.67. The van der Waals surface area contributed by atoms with Crippen molar-refractivity contribution in [3.63, 3.8) is 0 Å². The summed E-state index contributed by atoms with van der Waals surface area (Å²) in [6, 6.07) is 0. The van der Waals surface area contributed by atoms with Crippen LogP contribution in [0.25, 0.3) is 20.4 Å². The molecule has 0 saturated heterocycles. The van der Waals surface area contributed by atoms with Gasteiger partial charge >= 0.3 is 0 Å². The van der Waals surface area contributed by atoms with E-state index in [0.29, 0.717) is 6.54 Å². The van der Waals surface area contributed by atoms with Crippen LogP contribution in [0.15, 0.2) is 6.33 Å². The van der Waals surface area contributed by atoms with Crippen molar-refractivity contribution in [2.75, 3.05) is 18.5 Å². The molecular formula is C18H22N4OS. The molecular weight excluding hydrogens is 320 g/mol. The number of aromatic nitrogens is 3. The summed E-state index contributed by atoms with van der Waals surface area (Å²) in [5, 5.41) is 13.5. The zero-order valence-corrected chi connectivity index (χ0v) is 14.7. The lowest BCUT2D eigenvalue weighted by Gasteiger charge is -2.19. The number of aryl methyl sites for hydroxylation is 2. The second-order valence-electron chi connectivity index (χ2n) is 6.31. The van der Waals surface area contributed by atoms with E-state index in [4.69, 9.17) is 10.1 Å². The highest BCUT2D eigenvalue weighted by Crippen LogP contribution is 2.40. The van der Waals surface area contributed by atoms with Crippen molar-refractivity contribution in [3.05, 3.63) is 23.1 Å². The van der Waals surface area contributed by atoms with Gasteiger partial charge in [0.1, 0.15) is 17.0 Å². The fourth-order valence-electron chi connectivity index (χ4n) is 3.68. The molecule has 126 valence electrons. The smallest absolute Gasteiger partial charge is 0.147 e. The van der Waals surface area contributed by atoms with Gasteiger partial charge in [0.2, 0.25) is 0 Å². The van der Waals surface area contributed by atoms with Crippen LogP contribution in [0.1, 0.15) is 43.0 Å². The molecule has 0 aliphatic heterocycles. The summed E-state index contributed by atoms with van der Waals surface area (Å²) < 4.78 is 1.05. The quantitative estimate of drug-likeness (QED) is 0.743. The average molecular weight is 342 g/mol. The standard InChI is InChI=1S/C18H22N4OS/c1-2-5-13-11-6-3-4-7-12(11)14-15-16(24-18(14)22-13)17(19-8-9-23)21-10-20-15/h10,23H,2-9H2,1H3,(H,19,20,21). The second-order valence-corrected chi connectivity index (χ2v) is 7.30. The number of nitrogens with one attached hydrogen (secondary N) is 1. The number of hydrogen-bond donors (Lipinski definition) is 2. The first-order valence-corrected chi connectivity index (χ1v) is 9.57. The third-order valence-corrected chi connectivity index (χ3v) is 5.78. The maximum absolute atomic E-state index is 9.08. The molecule has 3 aromatic rings. The Morgan fingerprint density at radius 3 is 2.83 bits per heavy atom. The summed E-state index contributed by atoms with van der Waals surface area (Å²) in [6.45, 7) is 2.80. The van der Waals surface area contributed by atoms with E-state index < -0.39 is 0 Å². The largest absolute Gasteiger partial charge is 0.395 e. The van der Waals surface area contributed by atoms with Gasteiger partial charge in [0, 0.05) is 17.6 Å². The molecule has 1 aliphatic rings. The van der Waals surface area contributed by atoms with E-state index in [2.05, 4.69) is 22.2 Å². The Bertz CT molecular complexity index is 890. The van der Waals surface area contributed by atoms with Crippen LogP contribution in [-0.4, -0.2) is 33.2 Å². The maximum atomic E-state index is 9.08. The predicted molar refractivity (Wildman–Crippen MR) is 98.9 cm³/mol. The molecule has 0 radical (unpaired) electrons. The van der Waals surface area contributed by atoms with Crippen LogP contribution in [0, 0.1) is 0 Å². The number of anilines is 1. The van der Waals surface area contributed by atoms with Crippen molar-refractivity contribution in [1.29, 1.82) is 0 Å². The molecule has 24 heavy (non-hydrogen) atoms. The number of fused-ring (bicyclic) bond motifs is 5. The van der Waals surface area contributed by atoms with Gasteiger partial charge < -0.3 is 10.4 Å². The number of thiophene rings is 1. The van der Waals surface area contributed by atoms with E-state index in [0.717, 1.165) is 46.5 Å². The Balaban J connectivity index is 1.98. The monoisotopic (exact) mass is 342 g/mol. The summed E-state index contributed by atoms with van der Waals surface area (Å²) in [7, 11) is 0. The van der Waals surface area contributed by atoms with Gasteiger partial charge in [-0.2, -0.15) is 0 Å². The Morgan fingerprint density at radius 2 is 2.04 bits per heavy atom. The number of nitrogens with zero attached hydrogens (tertiary/aromatic N) is 3. The molecule has 4 rings (SSSR count). The van der Waals surface area contributed by atoms with E-state index >= 15 is 0 Å². The first kappa shape index (κ1) is 15.7. The average Bonchev–Trinajstić information content (AvgIpc) is 2.99. The molecule has 0 amide bonds. The van der Waals surface area contributed by atoms with Gasteiger partial charge in [0.15, 0.2) is 0 Å². The van der Waals surface area contributed by atoms with Crippen LogP contribution in [-0.2, 0) is 19.3 Å². The third kappa shape index (κ3) is 2.54. The van der Waals surface area contributed by atoms with Gasteiger partial charge in [-0.15, -0.1) is 11.3 Å². The maximum Gasteiger partial charge on any atom is 0.147 e. The number of hydrogen-bond acceptors (Lipinski definition) is 6. The molecule has 1 aliphatic carbocycles. The molecule has 0 bridgehead atoms. The molecule has 5 nitrogen and oxygen atoms in total. The van der Waals surface area contributed by atoms with Crippen LogP contribution in [0.4, 0.5) is 5.82 Å². The van der Waals surface area contributed by atoms with Crippen molar-refractivity contribution in [1.82, 2.24) is 15.0 Å². The summed E-state index contributed by atoms with van der Waals surface area (Å²) in [6.07, 6.45) is 8.56. The topological polar surface area (TPSA) is 70.9 Å². The van der Waals surface area contributed by atoms with Crippen LogP contribution in [0.5, 0.6) is 0 Å². The zero-order valence-electron chi connectivity index (χ0n) is 13.9. The molecule has 0 spiro atoms. The normalized spacial score (nSPS) is 14.2. The first-order chi connectivity index (χ1) is 11.8. The lowest BCUT2D eigenvalue weighted by Crippen LogP contribution is -2.09. The van der Waals surface area contributed by atoms with Crippen molar-refractivity contribution in [2.24, 2.45) is 0 Å². The van der Waals surface area contributed by atoms with Crippen LogP contribution < -0.4 is 5.32 Å². The second kappa shape index (κ2) is 6.61. The molecule has 6 heteroatoms. The van der Waals surface area contributed by atoms with Gasteiger partial charge in [0.05, 0.1) is 16.8 Å². The van der Waals surface area contributed by atoms with Crippen LogP contribution >= 0.6 is 11.3 Å². The van der Waals surface area contributed by atoms with Gasteiger partial charge in [-0.05, 0) is 43.2 Å². The van der Waals surface area contributed by atoms with Gasteiger partial charge in [0.25, 0.3) is 0 Å². The third-order valence-electron chi connectivity index (χ3n) is 4.70. The van der Waals surface area contributed by atoms with E-state index in [1.54, 1.807) is 17.7 Å². The SMILES string of the molecule is CCCc1nc2sc3c(NCCO)ncnc3c2c2c1CCCC2. The van der Waals surface area contributed by atoms with E-state index in [1.165, 1.54) is 35.0 Å². The predicted octanol–water partition coefficient (Wildman–Crippen LogP) is 3.48. The molecule has 0 atom stereocenters. The van der Waals surface area contributed by atoms with Gasteiger partial charge in [-0.1, -0.05) is 13.3 Å². The highest BCUT2D eigenvalue weighted by molar-refractivity contribution is 7.26. The Hall–Kier alpha value is -1.79. The summed E-state index contributed by atoms with van der Waals surface area (Å²) in [5.41, 5.74) is 5.23. The van der Waals surface area contributed by atoms with Crippen molar-refractivity contribution in [3.8, 4) is 0 Å². The number of pyridine rings is 1. The molecule has 0 saturated carbocycles. The summed E-state index contributed by atoms with van der Waals surface area (Å²) in [5.74, 6) is 0.804. The Labute approximate surface area is 145 Å². The molecule has 3 aromatic heterocycles. The molecule has 2 N–H and O–H groups in total. The lowest BCUT2D eigenvalue weighted by molar-refractivity contribution is 0.311. The minimum absolute atomic E-state index is 0.0880. The minimum Gasteiger partial charge on any atom is -0.395 e. The van der Waals surface area contributed by atoms with Gasteiger partial charge in [-0.3, -0.25) is 0 Å². The fraction of sp³-hybridized carbons (Fsp3) is 0.500. The van der Waals surface area contributed by atoms with E-state index in [1.807, 2.05) is 0 Å². The lowest BCUT2D eigenvalue weighted by atomic mass is 9.88. The molecule has 0 aromatic carbocycles. The van der Waals surface area contributed by atoms with Gasteiger partial charge in [-0.25, -0.2) is 15.0 Å². The van der Waals surface area contributed by atoms with Crippen LogP contribution in [0.2, 0.25) is 0 Å². The first-order valence-electron chi connectivity index (χ1n) is 8.76. The van der Waals surface area contributed by atoms with Crippen molar-refractivity contribution < 1.29 is 5.11 Å². The Morgan fingerprint density at radius 1 is 1.21 bits per heavy atom. The molecule has 0 fully saturated rings. The number of aliphatic hydroxyl groups is 1. The zero-order chi connectivity index (χ0) is 16.5. The number of rotatable bonds is 5. The van der Waals surface area contributed by atoms with Crippen LogP contribution in [0.3, 0.4) is 0 Å². The summed E-state index contributed by atoms with van der Waals surface area (Å²) in [4.78, 5) is 15.0. The Kier molecular flexibility index (Phi) is 4.33.